The third-order valence-corrected chi connectivity index (χ3v) is 4.21. The Morgan fingerprint density at radius 3 is 2.43 bits per heavy atom. The third kappa shape index (κ3) is 2.17. The molecular weight excluding hydrogens is 262 g/mol. The molecule has 0 unspecified atom stereocenters. The number of amides is 1. The molecule has 4 heteroatoms. The molecule has 2 aliphatic rings. The van der Waals surface area contributed by atoms with E-state index in [-0.39, 0.29) is 5.91 Å². The molecule has 1 aromatic carbocycles. The van der Waals surface area contributed by atoms with Crippen molar-refractivity contribution in [3.8, 4) is 0 Å². The van der Waals surface area contributed by atoms with Gasteiger partial charge in [0.25, 0.3) is 5.91 Å². The van der Waals surface area contributed by atoms with Crippen LogP contribution in [0, 0.1) is 0 Å². The maximum Gasteiger partial charge on any atom is 0.258 e. The number of nitrogens with zero attached hydrogens (tertiary/aromatic N) is 3. The normalized spacial score (nSPS) is 17.5. The molecule has 1 aliphatic carbocycles. The van der Waals surface area contributed by atoms with Crippen LogP contribution in [0.4, 0.5) is 11.4 Å². The molecular formula is C17H17N3O. The molecule has 1 aliphatic heterocycles. The Kier molecular flexibility index (Phi) is 2.88. The molecule has 0 saturated heterocycles. The van der Waals surface area contributed by atoms with Gasteiger partial charge in [0.05, 0.1) is 11.4 Å². The van der Waals surface area contributed by atoms with Crippen LogP contribution in [0.25, 0.3) is 0 Å². The average Bonchev–Trinajstić information content (AvgIpc) is 3.39. The Labute approximate surface area is 124 Å². The first-order valence-corrected chi connectivity index (χ1v) is 7.42. The molecule has 2 heterocycles. The number of pyridine rings is 1. The Morgan fingerprint density at radius 1 is 1.00 bits per heavy atom. The summed E-state index contributed by atoms with van der Waals surface area (Å²) in [6.45, 7) is 1.66. The number of carbonyl (C=O) groups excluding carboxylic acids is 1. The van der Waals surface area contributed by atoms with Crippen LogP contribution < -0.4 is 9.80 Å². The van der Waals surface area contributed by atoms with Gasteiger partial charge >= 0.3 is 0 Å². The van der Waals surface area contributed by atoms with Gasteiger partial charge in [-0.25, -0.2) is 0 Å². The number of hydrogen-bond donors (Lipinski definition) is 0. The third-order valence-electron chi connectivity index (χ3n) is 4.21. The van der Waals surface area contributed by atoms with Gasteiger partial charge in [-0.1, -0.05) is 12.1 Å². The van der Waals surface area contributed by atoms with Crippen molar-refractivity contribution in [3.63, 3.8) is 0 Å². The summed E-state index contributed by atoms with van der Waals surface area (Å²) in [5, 5.41) is 0. The monoisotopic (exact) mass is 279 g/mol. The predicted octanol–water partition coefficient (Wildman–Crippen LogP) is 2.71. The van der Waals surface area contributed by atoms with E-state index < -0.39 is 0 Å². The van der Waals surface area contributed by atoms with Crippen molar-refractivity contribution in [2.75, 3.05) is 22.9 Å². The van der Waals surface area contributed by atoms with E-state index in [0.29, 0.717) is 11.6 Å². The summed E-state index contributed by atoms with van der Waals surface area (Å²) in [5.74, 6) is 0.0558. The fourth-order valence-electron chi connectivity index (χ4n) is 3.01. The molecule has 0 spiro atoms. The van der Waals surface area contributed by atoms with Gasteiger partial charge in [0.1, 0.15) is 0 Å². The second-order valence-electron chi connectivity index (χ2n) is 5.61. The number of rotatable bonds is 2. The van der Waals surface area contributed by atoms with Crippen molar-refractivity contribution in [2.45, 2.75) is 18.9 Å². The fraction of sp³-hybridized carbons (Fsp3) is 0.294. The first-order valence-electron chi connectivity index (χ1n) is 7.42. The molecule has 1 aromatic heterocycles. The lowest BCUT2D eigenvalue weighted by molar-refractivity contribution is 0.0986. The highest BCUT2D eigenvalue weighted by atomic mass is 16.2. The minimum absolute atomic E-state index is 0.0558. The lowest BCUT2D eigenvalue weighted by Crippen LogP contribution is -2.45. The smallest absolute Gasteiger partial charge is 0.258 e. The van der Waals surface area contributed by atoms with Crippen molar-refractivity contribution in [2.24, 2.45) is 0 Å². The molecule has 4 nitrogen and oxygen atoms in total. The minimum atomic E-state index is 0.0558. The molecule has 21 heavy (non-hydrogen) atoms. The maximum atomic E-state index is 12.7. The van der Waals surface area contributed by atoms with Gasteiger partial charge in [0.15, 0.2) is 0 Å². The van der Waals surface area contributed by atoms with Crippen LogP contribution in [0.2, 0.25) is 0 Å². The van der Waals surface area contributed by atoms with Gasteiger partial charge in [0.2, 0.25) is 0 Å². The van der Waals surface area contributed by atoms with Crippen molar-refractivity contribution in [3.05, 3.63) is 54.4 Å². The molecule has 4 rings (SSSR count). The molecule has 0 radical (unpaired) electrons. The van der Waals surface area contributed by atoms with Crippen LogP contribution in [0.1, 0.15) is 23.2 Å². The van der Waals surface area contributed by atoms with Crippen LogP contribution in [-0.4, -0.2) is 30.0 Å². The Balaban J connectivity index is 1.71. The number of carbonyl (C=O) groups is 1. The molecule has 0 N–H and O–H groups in total. The summed E-state index contributed by atoms with van der Waals surface area (Å²) in [4.78, 5) is 21.1. The Morgan fingerprint density at radius 2 is 1.71 bits per heavy atom. The lowest BCUT2D eigenvalue weighted by Gasteiger charge is -2.38. The summed E-state index contributed by atoms with van der Waals surface area (Å²) in [6.07, 6.45) is 5.87. The quantitative estimate of drug-likeness (QED) is 0.848. The van der Waals surface area contributed by atoms with E-state index >= 15 is 0 Å². The molecule has 0 atom stereocenters. The van der Waals surface area contributed by atoms with Crippen LogP contribution in [0.5, 0.6) is 0 Å². The lowest BCUT2D eigenvalue weighted by atomic mass is 10.1. The molecule has 1 fully saturated rings. The zero-order chi connectivity index (χ0) is 14.2. The first kappa shape index (κ1) is 12.4. The molecule has 1 saturated carbocycles. The first-order chi connectivity index (χ1) is 10.3. The second-order valence-corrected chi connectivity index (χ2v) is 5.61. The number of fused-ring (bicyclic) bond motifs is 1. The van der Waals surface area contributed by atoms with Crippen molar-refractivity contribution < 1.29 is 4.79 Å². The second kappa shape index (κ2) is 4.88. The van der Waals surface area contributed by atoms with E-state index in [9.17, 15) is 4.79 Å². The number of anilines is 2. The average molecular weight is 279 g/mol. The van der Waals surface area contributed by atoms with Gasteiger partial charge in [-0.3, -0.25) is 9.78 Å². The van der Waals surface area contributed by atoms with E-state index in [4.69, 9.17) is 0 Å². The summed E-state index contributed by atoms with van der Waals surface area (Å²) in [6, 6.07) is 12.4. The standard InChI is InChI=1S/C17H17N3O/c21-17(13-7-9-18-10-8-13)20-12-11-19(14-5-6-14)15-3-1-2-4-16(15)20/h1-4,7-10,14H,5-6,11-12H2. The van der Waals surface area contributed by atoms with E-state index in [1.165, 1.54) is 18.5 Å². The van der Waals surface area contributed by atoms with Gasteiger partial charge in [-0.2, -0.15) is 0 Å². The van der Waals surface area contributed by atoms with Crippen molar-refractivity contribution in [1.82, 2.24) is 4.98 Å². The highest BCUT2D eigenvalue weighted by Gasteiger charge is 2.35. The summed E-state index contributed by atoms with van der Waals surface area (Å²) in [7, 11) is 0. The van der Waals surface area contributed by atoms with Crippen molar-refractivity contribution >= 4 is 17.3 Å². The Hall–Kier alpha value is -2.36. The summed E-state index contributed by atoms with van der Waals surface area (Å²) >= 11 is 0. The number of benzene rings is 1. The van der Waals surface area contributed by atoms with Gasteiger partial charge in [-0.15, -0.1) is 0 Å². The molecule has 2 aromatic rings. The van der Waals surface area contributed by atoms with Crippen molar-refractivity contribution in [1.29, 1.82) is 0 Å². The minimum Gasteiger partial charge on any atom is -0.365 e. The zero-order valence-corrected chi connectivity index (χ0v) is 11.8. The summed E-state index contributed by atoms with van der Waals surface area (Å²) < 4.78 is 0. The maximum absolute atomic E-state index is 12.7. The van der Waals surface area contributed by atoms with Crippen LogP contribution >= 0.6 is 0 Å². The van der Waals surface area contributed by atoms with E-state index in [2.05, 4.69) is 22.0 Å². The SMILES string of the molecule is O=C(c1ccncc1)N1CCN(C2CC2)c2ccccc21. The number of para-hydroxylation sites is 2. The van der Waals surface area contributed by atoms with Crippen LogP contribution in [0.3, 0.4) is 0 Å². The highest BCUT2D eigenvalue weighted by molar-refractivity contribution is 6.08. The topological polar surface area (TPSA) is 36.4 Å². The van der Waals surface area contributed by atoms with E-state index in [1.54, 1.807) is 24.5 Å². The van der Waals surface area contributed by atoms with E-state index in [1.807, 2.05) is 17.0 Å². The molecule has 0 bridgehead atoms. The van der Waals surface area contributed by atoms with Crippen LogP contribution in [-0.2, 0) is 0 Å². The largest absolute Gasteiger partial charge is 0.365 e. The number of hydrogen-bond acceptors (Lipinski definition) is 3. The number of aromatic nitrogens is 1. The predicted molar refractivity (Wildman–Crippen MR) is 82.7 cm³/mol. The highest BCUT2D eigenvalue weighted by Crippen LogP contribution is 2.40. The van der Waals surface area contributed by atoms with Gasteiger partial charge in [-0.05, 0) is 37.1 Å². The van der Waals surface area contributed by atoms with Gasteiger partial charge in [0, 0.05) is 37.1 Å². The summed E-state index contributed by atoms with van der Waals surface area (Å²) in [5.41, 5.74) is 2.91. The fourth-order valence-corrected chi connectivity index (χ4v) is 3.01. The van der Waals surface area contributed by atoms with Crippen LogP contribution in [0.15, 0.2) is 48.8 Å². The zero-order valence-electron chi connectivity index (χ0n) is 11.8. The Bertz CT molecular complexity index is 667. The van der Waals surface area contributed by atoms with Gasteiger partial charge < -0.3 is 9.80 Å². The molecule has 106 valence electrons. The van der Waals surface area contributed by atoms with E-state index in [0.717, 1.165) is 18.8 Å². The molecule has 1 amide bonds.